The van der Waals surface area contributed by atoms with E-state index in [4.69, 9.17) is 5.26 Å². The molecule has 0 aliphatic heterocycles. The molecular formula is C13H16F2N2. The van der Waals surface area contributed by atoms with Gasteiger partial charge in [0.25, 0.3) is 6.43 Å². The fourth-order valence-corrected chi connectivity index (χ4v) is 1.43. The predicted octanol–water partition coefficient (Wildman–Crippen LogP) is 3.43. The van der Waals surface area contributed by atoms with Gasteiger partial charge in [-0.25, -0.2) is 8.78 Å². The zero-order chi connectivity index (χ0) is 12.8. The van der Waals surface area contributed by atoms with Gasteiger partial charge in [0, 0.05) is 5.56 Å². The van der Waals surface area contributed by atoms with Gasteiger partial charge in [-0.3, -0.25) is 5.32 Å². The van der Waals surface area contributed by atoms with E-state index < -0.39 is 12.5 Å². The largest absolute Gasteiger partial charge is 0.298 e. The van der Waals surface area contributed by atoms with Crippen molar-refractivity contribution in [3.8, 4) is 6.07 Å². The molecule has 4 heteroatoms. The van der Waals surface area contributed by atoms with Crippen LogP contribution in [0.15, 0.2) is 24.3 Å². The average molecular weight is 238 g/mol. The summed E-state index contributed by atoms with van der Waals surface area (Å²) in [7, 11) is 0. The summed E-state index contributed by atoms with van der Waals surface area (Å²) in [4.78, 5) is 0. The Bertz CT molecular complexity index is 379. The van der Waals surface area contributed by atoms with E-state index >= 15 is 0 Å². The number of nitrogens with one attached hydrogen (secondary N) is 1. The van der Waals surface area contributed by atoms with Crippen LogP contribution in [-0.2, 0) is 0 Å². The number of hydrogen-bond donors (Lipinski definition) is 1. The second kappa shape index (κ2) is 6.31. The Hall–Kier alpha value is -1.47. The summed E-state index contributed by atoms with van der Waals surface area (Å²) in [6, 6.07) is 7.55. The first-order valence-corrected chi connectivity index (χ1v) is 5.55. The summed E-state index contributed by atoms with van der Waals surface area (Å²) in [5.41, 5.74) is 0.701. The van der Waals surface area contributed by atoms with Crippen LogP contribution in [0.3, 0.4) is 0 Å². The minimum Gasteiger partial charge on any atom is -0.298 e. The van der Waals surface area contributed by atoms with Crippen LogP contribution in [0.4, 0.5) is 8.78 Å². The van der Waals surface area contributed by atoms with E-state index in [-0.39, 0.29) is 5.56 Å². The monoisotopic (exact) mass is 238 g/mol. The van der Waals surface area contributed by atoms with E-state index in [1.54, 1.807) is 12.1 Å². The summed E-state index contributed by atoms with van der Waals surface area (Å²) in [6.07, 6.45) is -2.46. The summed E-state index contributed by atoms with van der Waals surface area (Å²) >= 11 is 0. The highest BCUT2D eigenvalue weighted by Crippen LogP contribution is 2.21. The molecule has 2 nitrogen and oxygen atoms in total. The molecule has 1 unspecified atom stereocenters. The van der Waals surface area contributed by atoms with Crippen molar-refractivity contribution < 1.29 is 8.78 Å². The molecule has 1 N–H and O–H groups in total. The van der Waals surface area contributed by atoms with Crippen LogP contribution in [0.25, 0.3) is 0 Å². The lowest BCUT2D eigenvalue weighted by molar-refractivity contribution is 0.151. The first-order valence-electron chi connectivity index (χ1n) is 5.55. The Kier molecular flexibility index (Phi) is 5.05. The van der Waals surface area contributed by atoms with Crippen molar-refractivity contribution >= 4 is 0 Å². The average Bonchev–Trinajstić information content (AvgIpc) is 2.30. The number of hydrogen-bond acceptors (Lipinski definition) is 2. The fourth-order valence-electron chi connectivity index (χ4n) is 1.43. The van der Waals surface area contributed by atoms with Crippen molar-refractivity contribution in [1.29, 1.82) is 5.26 Å². The van der Waals surface area contributed by atoms with Gasteiger partial charge < -0.3 is 0 Å². The van der Waals surface area contributed by atoms with Gasteiger partial charge in [-0.1, -0.05) is 38.1 Å². The third-order valence-corrected chi connectivity index (χ3v) is 2.38. The molecule has 1 rings (SSSR count). The number of nitrogens with zero attached hydrogens (tertiary/aromatic N) is 1. The molecular weight excluding hydrogens is 222 g/mol. The Balaban J connectivity index is 2.73. The van der Waals surface area contributed by atoms with Gasteiger partial charge in [-0.05, 0) is 18.0 Å². The van der Waals surface area contributed by atoms with Crippen molar-refractivity contribution in [1.82, 2.24) is 5.32 Å². The third kappa shape index (κ3) is 4.12. The molecule has 0 amide bonds. The molecule has 0 saturated heterocycles. The molecule has 0 bridgehead atoms. The molecule has 0 spiro atoms. The van der Waals surface area contributed by atoms with Gasteiger partial charge in [-0.2, -0.15) is 5.26 Å². The fraction of sp³-hybridized carbons (Fsp3) is 0.462. The van der Waals surface area contributed by atoms with E-state index in [1.807, 2.05) is 13.8 Å². The van der Waals surface area contributed by atoms with Crippen LogP contribution in [0.2, 0.25) is 0 Å². The number of rotatable bonds is 5. The van der Waals surface area contributed by atoms with Crippen LogP contribution in [0.1, 0.15) is 37.4 Å². The summed E-state index contributed by atoms with van der Waals surface area (Å²) < 4.78 is 24.7. The van der Waals surface area contributed by atoms with Crippen LogP contribution in [0, 0.1) is 17.2 Å². The maximum atomic E-state index is 12.4. The number of nitriles is 1. The first-order chi connectivity index (χ1) is 8.04. The zero-order valence-corrected chi connectivity index (χ0v) is 9.95. The summed E-state index contributed by atoms with van der Waals surface area (Å²) in [5, 5.41) is 12.1. The van der Waals surface area contributed by atoms with Gasteiger partial charge in [0.2, 0.25) is 0 Å². The Morgan fingerprint density at radius 3 is 2.12 bits per heavy atom. The Morgan fingerprint density at radius 2 is 1.71 bits per heavy atom. The summed E-state index contributed by atoms with van der Waals surface area (Å²) in [6.45, 7) is 4.80. The first kappa shape index (κ1) is 13.6. The lowest BCUT2D eigenvalue weighted by atomic mass is 10.1. The van der Waals surface area contributed by atoms with Crippen molar-refractivity contribution in [2.24, 2.45) is 5.92 Å². The third-order valence-electron chi connectivity index (χ3n) is 2.38. The van der Waals surface area contributed by atoms with Crippen molar-refractivity contribution in [3.05, 3.63) is 35.4 Å². The maximum absolute atomic E-state index is 12.4. The quantitative estimate of drug-likeness (QED) is 0.853. The zero-order valence-electron chi connectivity index (χ0n) is 9.95. The van der Waals surface area contributed by atoms with Crippen molar-refractivity contribution in [2.45, 2.75) is 26.3 Å². The predicted molar refractivity (Wildman–Crippen MR) is 62.6 cm³/mol. The summed E-state index contributed by atoms with van der Waals surface area (Å²) in [5.74, 6) is 0.436. The van der Waals surface area contributed by atoms with E-state index in [0.29, 0.717) is 5.92 Å². The smallest absolute Gasteiger partial charge is 0.263 e. The normalized spacial score (nSPS) is 12.8. The number of alkyl halides is 2. The second-order valence-electron chi connectivity index (χ2n) is 4.33. The molecule has 1 aromatic rings. The Labute approximate surface area is 100 Å². The molecule has 0 aromatic heterocycles. The van der Waals surface area contributed by atoms with Gasteiger partial charge in [0.15, 0.2) is 0 Å². The molecule has 0 aliphatic rings. The van der Waals surface area contributed by atoms with Gasteiger partial charge >= 0.3 is 0 Å². The lowest BCUT2D eigenvalue weighted by Gasteiger charge is -2.14. The number of halogens is 2. The second-order valence-corrected chi connectivity index (χ2v) is 4.33. The molecule has 0 heterocycles. The molecule has 0 fully saturated rings. The van der Waals surface area contributed by atoms with Crippen LogP contribution >= 0.6 is 0 Å². The van der Waals surface area contributed by atoms with Crippen molar-refractivity contribution in [2.75, 3.05) is 6.54 Å². The topological polar surface area (TPSA) is 35.8 Å². The molecule has 1 aromatic carbocycles. The highest BCUT2D eigenvalue weighted by Gasteiger charge is 2.12. The standard InChI is InChI=1S/C13H16F2N2/c1-9(2)8-17-12(7-16)10-3-5-11(6-4-10)13(14)15/h3-6,9,12-13,17H,8H2,1-2H3. The highest BCUT2D eigenvalue weighted by atomic mass is 19.3. The molecule has 0 saturated carbocycles. The van der Waals surface area contributed by atoms with Gasteiger partial charge in [0.05, 0.1) is 6.07 Å². The molecule has 17 heavy (non-hydrogen) atoms. The van der Waals surface area contributed by atoms with E-state index in [0.717, 1.165) is 12.1 Å². The van der Waals surface area contributed by atoms with Crippen LogP contribution in [0.5, 0.6) is 0 Å². The minimum atomic E-state index is -2.46. The molecule has 0 radical (unpaired) electrons. The van der Waals surface area contributed by atoms with Crippen molar-refractivity contribution in [3.63, 3.8) is 0 Å². The van der Waals surface area contributed by atoms with E-state index in [1.165, 1.54) is 12.1 Å². The van der Waals surface area contributed by atoms with Gasteiger partial charge in [0.1, 0.15) is 6.04 Å². The van der Waals surface area contributed by atoms with E-state index in [2.05, 4.69) is 11.4 Å². The molecule has 92 valence electrons. The molecule has 0 aliphatic carbocycles. The van der Waals surface area contributed by atoms with Crippen LogP contribution in [-0.4, -0.2) is 6.54 Å². The lowest BCUT2D eigenvalue weighted by Crippen LogP contribution is -2.24. The van der Waals surface area contributed by atoms with Crippen LogP contribution < -0.4 is 5.32 Å². The molecule has 1 atom stereocenters. The van der Waals surface area contributed by atoms with E-state index in [9.17, 15) is 8.78 Å². The maximum Gasteiger partial charge on any atom is 0.263 e. The van der Waals surface area contributed by atoms with Gasteiger partial charge in [-0.15, -0.1) is 0 Å². The number of benzene rings is 1. The SMILES string of the molecule is CC(C)CNC(C#N)c1ccc(C(F)F)cc1. The minimum absolute atomic E-state index is 0.0192. The Morgan fingerprint density at radius 1 is 1.18 bits per heavy atom. The highest BCUT2D eigenvalue weighted by molar-refractivity contribution is 5.28.